The number of piperazine rings is 1. The summed E-state index contributed by atoms with van der Waals surface area (Å²) in [5.41, 5.74) is 0.777. The van der Waals surface area contributed by atoms with Crippen molar-refractivity contribution in [3.8, 4) is 11.5 Å². The first-order valence-corrected chi connectivity index (χ1v) is 5.99. The highest BCUT2D eigenvalue weighted by Gasteiger charge is 2.25. The summed E-state index contributed by atoms with van der Waals surface area (Å²) in [6.07, 6.45) is 0. The van der Waals surface area contributed by atoms with E-state index in [1.807, 2.05) is 4.90 Å². The Morgan fingerprint density at radius 1 is 0.944 bits per heavy atom. The topological polar surface area (TPSA) is 24.9 Å². The molecule has 0 radical (unpaired) electrons. The highest BCUT2D eigenvalue weighted by Crippen LogP contribution is 2.41. The van der Waals surface area contributed by atoms with E-state index in [0.717, 1.165) is 10.8 Å². The van der Waals surface area contributed by atoms with Gasteiger partial charge in [0.2, 0.25) is 0 Å². The van der Waals surface area contributed by atoms with Crippen molar-refractivity contribution in [3.63, 3.8) is 0 Å². The SMILES string of the molecule is Fc1ccc(N2CCN(F)CC2)c2c1OCCO2. The highest BCUT2D eigenvalue weighted by atomic mass is 19.2. The summed E-state index contributed by atoms with van der Waals surface area (Å²) in [6, 6.07) is 3.03. The molecule has 0 N–H and O–H groups in total. The van der Waals surface area contributed by atoms with Gasteiger partial charge in [0.25, 0.3) is 0 Å². The maximum Gasteiger partial charge on any atom is 0.199 e. The Hall–Kier alpha value is -1.56. The molecule has 4 nitrogen and oxygen atoms in total. The minimum Gasteiger partial charge on any atom is -0.484 e. The Bertz CT molecular complexity index is 448. The van der Waals surface area contributed by atoms with Crippen molar-refractivity contribution in [1.82, 2.24) is 5.12 Å². The van der Waals surface area contributed by atoms with Crippen molar-refractivity contribution in [2.75, 3.05) is 44.3 Å². The molecule has 0 unspecified atom stereocenters. The van der Waals surface area contributed by atoms with Crippen molar-refractivity contribution >= 4 is 5.69 Å². The van der Waals surface area contributed by atoms with Gasteiger partial charge in [-0.15, -0.1) is 9.60 Å². The number of nitrogens with zero attached hydrogens (tertiary/aromatic N) is 2. The molecule has 0 amide bonds. The molecule has 18 heavy (non-hydrogen) atoms. The summed E-state index contributed by atoms with van der Waals surface area (Å²) < 4.78 is 37.4. The Morgan fingerprint density at radius 3 is 2.33 bits per heavy atom. The normalized spacial score (nSPS) is 20.0. The molecule has 2 aliphatic heterocycles. The van der Waals surface area contributed by atoms with Gasteiger partial charge in [0, 0.05) is 26.2 Å². The zero-order valence-corrected chi connectivity index (χ0v) is 9.86. The molecule has 0 saturated carbocycles. The fourth-order valence-electron chi connectivity index (χ4n) is 2.26. The molecule has 0 atom stereocenters. The number of hydrogen-bond donors (Lipinski definition) is 0. The second-order valence-electron chi connectivity index (χ2n) is 4.32. The second kappa shape index (κ2) is 4.61. The summed E-state index contributed by atoms with van der Waals surface area (Å²) in [5, 5.41) is 0.782. The van der Waals surface area contributed by atoms with Crippen LogP contribution in [0.5, 0.6) is 11.5 Å². The molecule has 1 fully saturated rings. The molecule has 0 spiro atoms. The predicted molar refractivity (Wildman–Crippen MR) is 62.3 cm³/mol. The Labute approximate surface area is 104 Å². The van der Waals surface area contributed by atoms with E-state index in [1.165, 1.54) is 6.07 Å². The number of benzene rings is 1. The summed E-state index contributed by atoms with van der Waals surface area (Å²) in [4.78, 5) is 1.99. The van der Waals surface area contributed by atoms with Crippen LogP contribution < -0.4 is 14.4 Å². The Morgan fingerprint density at radius 2 is 1.61 bits per heavy atom. The average Bonchev–Trinajstić information content (AvgIpc) is 2.41. The van der Waals surface area contributed by atoms with E-state index in [9.17, 15) is 8.87 Å². The molecule has 6 heteroatoms. The van der Waals surface area contributed by atoms with E-state index in [-0.39, 0.29) is 5.75 Å². The van der Waals surface area contributed by atoms with Crippen molar-refractivity contribution in [1.29, 1.82) is 0 Å². The first kappa shape index (κ1) is 11.5. The van der Waals surface area contributed by atoms with E-state index in [2.05, 4.69) is 0 Å². The van der Waals surface area contributed by atoms with Gasteiger partial charge in [-0.1, -0.05) is 0 Å². The van der Waals surface area contributed by atoms with Gasteiger partial charge in [0.15, 0.2) is 17.3 Å². The average molecular weight is 256 g/mol. The molecular formula is C12H14F2N2O2. The van der Waals surface area contributed by atoms with Crippen molar-refractivity contribution in [3.05, 3.63) is 17.9 Å². The van der Waals surface area contributed by atoms with Gasteiger partial charge in [-0.3, -0.25) is 0 Å². The molecule has 1 aromatic rings. The quantitative estimate of drug-likeness (QED) is 0.713. The molecule has 2 heterocycles. The third-order valence-corrected chi connectivity index (χ3v) is 3.19. The van der Waals surface area contributed by atoms with E-state index in [4.69, 9.17) is 9.47 Å². The zero-order chi connectivity index (χ0) is 12.5. The summed E-state index contributed by atoms with van der Waals surface area (Å²) in [7, 11) is 0. The second-order valence-corrected chi connectivity index (χ2v) is 4.32. The zero-order valence-electron chi connectivity index (χ0n) is 9.86. The Kier molecular flexibility index (Phi) is 2.95. The van der Waals surface area contributed by atoms with Crippen LogP contribution in [0.1, 0.15) is 0 Å². The number of rotatable bonds is 1. The lowest BCUT2D eigenvalue weighted by molar-refractivity contribution is 0.0199. The van der Waals surface area contributed by atoms with Gasteiger partial charge in [0.1, 0.15) is 13.2 Å². The molecular weight excluding hydrogens is 242 g/mol. The fraction of sp³-hybridized carbons (Fsp3) is 0.500. The van der Waals surface area contributed by atoms with Gasteiger partial charge >= 0.3 is 0 Å². The van der Waals surface area contributed by atoms with E-state index < -0.39 is 5.82 Å². The molecule has 0 aliphatic carbocycles. The van der Waals surface area contributed by atoms with Gasteiger partial charge in [-0.25, -0.2) is 4.39 Å². The van der Waals surface area contributed by atoms with Crippen LogP contribution in [-0.2, 0) is 0 Å². The van der Waals surface area contributed by atoms with Gasteiger partial charge < -0.3 is 14.4 Å². The van der Waals surface area contributed by atoms with Crippen molar-refractivity contribution in [2.45, 2.75) is 0 Å². The molecule has 2 aliphatic rings. The number of ether oxygens (including phenoxy) is 2. The molecule has 3 rings (SSSR count). The lowest BCUT2D eigenvalue weighted by Crippen LogP contribution is -2.43. The van der Waals surface area contributed by atoms with E-state index in [0.29, 0.717) is 45.1 Å². The molecule has 98 valence electrons. The first-order chi connectivity index (χ1) is 8.75. The van der Waals surface area contributed by atoms with Gasteiger partial charge in [-0.2, -0.15) is 0 Å². The minimum absolute atomic E-state index is 0.168. The monoisotopic (exact) mass is 256 g/mol. The van der Waals surface area contributed by atoms with Crippen LogP contribution in [0.4, 0.5) is 14.6 Å². The lowest BCUT2D eigenvalue weighted by Gasteiger charge is -2.34. The van der Waals surface area contributed by atoms with Gasteiger partial charge in [-0.05, 0) is 12.1 Å². The molecule has 0 aromatic heterocycles. The van der Waals surface area contributed by atoms with Crippen LogP contribution in [-0.4, -0.2) is 44.5 Å². The standard InChI is InChI=1S/C12H14F2N2O2/c13-9-1-2-10(12-11(9)17-7-8-18-12)15-3-5-16(14)6-4-15/h1-2H,3-8H2. The van der Waals surface area contributed by atoms with E-state index >= 15 is 0 Å². The van der Waals surface area contributed by atoms with Crippen LogP contribution in [0, 0.1) is 5.82 Å². The maximum absolute atomic E-state index is 13.6. The van der Waals surface area contributed by atoms with Crippen LogP contribution in [0.2, 0.25) is 0 Å². The molecule has 1 aromatic carbocycles. The Balaban J connectivity index is 1.92. The third-order valence-electron chi connectivity index (χ3n) is 3.19. The van der Waals surface area contributed by atoms with Crippen molar-refractivity contribution < 1.29 is 18.3 Å². The maximum atomic E-state index is 13.6. The summed E-state index contributed by atoms with van der Waals surface area (Å²) in [5.74, 6) is 0.188. The number of fused-ring (bicyclic) bond motifs is 1. The number of halogens is 2. The summed E-state index contributed by atoms with van der Waals surface area (Å²) in [6.45, 7) is 2.55. The van der Waals surface area contributed by atoms with Gasteiger partial charge in [0.05, 0.1) is 5.69 Å². The van der Waals surface area contributed by atoms with Crippen LogP contribution >= 0.6 is 0 Å². The fourth-order valence-corrected chi connectivity index (χ4v) is 2.26. The number of anilines is 1. The molecule has 1 saturated heterocycles. The third kappa shape index (κ3) is 1.96. The minimum atomic E-state index is -0.419. The first-order valence-electron chi connectivity index (χ1n) is 5.99. The predicted octanol–water partition coefficient (Wildman–Crippen LogP) is 1.60. The van der Waals surface area contributed by atoms with Crippen LogP contribution in [0.25, 0.3) is 0 Å². The van der Waals surface area contributed by atoms with Crippen LogP contribution in [0.3, 0.4) is 0 Å². The van der Waals surface area contributed by atoms with Crippen LogP contribution in [0.15, 0.2) is 12.1 Å². The van der Waals surface area contributed by atoms with Crippen molar-refractivity contribution in [2.24, 2.45) is 0 Å². The number of hydrogen-bond acceptors (Lipinski definition) is 4. The smallest absolute Gasteiger partial charge is 0.199 e. The largest absolute Gasteiger partial charge is 0.484 e. The van der Waals surface area contributed by atoms with E-state index in [1.54, 1.807) is 6.07 Å². The molecule has 0 bridgehead atoms. The summed E-state index contributed by atoms with van der Waals surface area (Å²) >= 11 is 0. The lowest BCUT2D eigenvalue weighted by atomic mass is 10.2. The highest BCUT2D eigenvalue weighted by molar-refractivity contribution is 5.65.